The van der Waals surface area contributed by atoms with Gasteiger partial charge in [0, 0.05) is 17.3 Å². The zero-order valence-corrected chi connectivity index (χ0v) is 14.4. The standard InChI is InChI=1S/C18H23N3O3/c1-4-5-9-18(3)10-8-13-6-7-14(17(23)21(13)18)19-16(22)15-11-12(2)24-20-15/h6-7,11H,4-5,8-10H2,1-3H3,(H,19,22). The summed E-state index contributed by atoms with van der Waals surface area (Å²) in [7, 11) is 0. The summed E-state index contributed by atoms with van der Waals surface area (Å²) in [6, 6.07) is 5.17. The topological polar surface area (TPSA) is 77.1 Å². The molecule has 0 radical (unpaired) electrons. The van der Waals surface area contributed by atoms with Gasteiger partial charge in [-0.1, -0.05) is 24.9 Å². The first-order valence-corrected chi connectivity index (χ1v) is 8.45. The summed E-state index contributed by atoms with van der Waals surface area (Å²) in [5.41, 5.74) is 1.18. The second-order valence-electron chi connectivity index (χ2n) is 6.76. The largest absolute Gasteiger partial charge is 0.361 e. The first-order chi connectivity index (χ1) is 11.4. The van der Waals surface area contributed by atoms with Gasteiger partial charge in [-0.05, 0) is 45.2 Å². The lowest BCUT2D eigenvalue weighted by Gasteiger charge is -2.27. The van der Waals surface area contributed by atoms with Crippen LogP contribution in [0.1, 0.15) is 61.5 Å². The van der Waals surface area contributed by atoms with Gasteiger partial charge in [0.05, 0.1) is 0 Å². The number of aryl methyl sites for hydroxylation is 2. The third-order valence-electron chi connectivity index (χ3n) is 4.80. The van der Waals surface area contributed by atoms with Gasteiger partial charge in [-0.25, -0.2) is 0 Å². The molecule has 0 aromatic carbocycles. The Kier molecular flexibility index (Phi) is 4.30. The molecule has 0 saturated carbocycles. The van der Waals surface area contributed by atoms with Crippen LogP contribution in [0, 0.1) is 6.92 Å². The van der Waals surface area contributed by atoms with Crippen molar-refractivity contribution in [2.24, 2.45) is 0 Å². The van der Waals surface area contributed by atoms with E-state index in [4.69, 9.17) is 4.52 Å². The van der Waals surface area contributed by atoms with Gasteiger partial charge in [-0.2, -0.15) is 0 Å². The normalized spacial score (nSPS) is 19.3. The third kappa shape index (κ3) is 2.88. The Morgan fingerprint density at radius 2 is 2.25 bits per heavy atom. The van der Waals surface area contributed by atoms with Crippen molar-refractivity contribution >= 4 is 11.6 Å². The molecule has 128 valence electrons. The maximum absolute atomic E-state index is 12.9. The highest BCUT2D eigenvalue weighted by Gasteiger charge is 2.34. The zero-order valence-electron chi connectivity index (χ0n) is 14.4. The van der Waals surface area contributed by atoms with Crippen LogP contribution in [-0.2, 0) is 12.0 Å². The Morgan fingerprint density at radius 3 is 2.92 bits per heavy atom. The minimum absolute atomic E-state index is 0.142. The van der Waals surface area contributed by atoms with E-state index in [1.54, 1.807) is 19.1 Å². The Hall–Kier alpha value is -2.37. The van der Waals surface area contributed by atoms with E-state index < -0.39 is 5.91 Å². The molecule has 3 rings (SSSR count). The van der Waals surface area contributed by atoms with Crippen LogP contribution >= 0.6 is 0 Å². The number of nitrogens with zero attached hydrogens (tertiary/aromatic N) is 2. The molecule has 1 unspecified atom stereocenters. The van der Waals surface area contributed by atoms with Crippen molar-refractivity contribution in [3.8, 4) is 0 Å². The van der Waals surface area contributed by atoms with Crippen LogP contribution in [0.2, 0.25) is 0 Å². The molecule has 1 N–H and O–H groups in total. The SMILES string of the molecule is CCCCC1(C)CCc2ccc(NC(=O)c3cc(C)on3)c(=O)n21. The van der Waals surface area contributed by atoms with Crippen LogP contribution in [-0.4, -0.2) is 15.6 Å². The Labute approximate surface area is 140 Å². The maximum atomic E-state index is 12.9. The quantitative estimate of drug-likeness (QED) is 0.913. The summed E-state index contributed by atoms with van der Waals surface area (Å²) in [5.74, 6) is 0.121. The fourth-order valence-electron chi connectivity index (χ4n) is 3.42. The van der Waals surface area contributed by atoms with Crippen molar-refractivity contribution in [1.29, 1.82) is 0 Å². The molecule has 2 aromatic rings. The fraction of sp³-hybridized carbons (Fsp3) is 0.500. The van der Waals surface area contributed by atoms with E-state index in [0.29, 0.717) is 5.76 Å². The number of fused-ring (bicyclic) bond motifs is 1. The molecule has 3 heterocycles. The van der Waals surface area contributed by atoms with Gasteiger partial charge in [-0.15, -0.1) is 0 Å². The Balaban J connectivity index is 1.91. The van der Waals surface area contributed by atoms with Crippen molar-refractivity contribution in [3.63, 3.8) is 0 Å². The van der Waals surface area contributed by atoms with E-state index in [1.807, 2.05) is 10.6 Å². The monoisotopic (exact) mass is 329 g/mol. The van der Waals surface area contributed by atoms with Crippen molar-refractivity contribution in [2.75, 3.05) is 5.32 Å². The molecule has 0 saturated heterocycles. The first kappa shape index (κ1) is 16.5. The van der Waals surface area contributed by atoms with Crippen LogP contribution < -0.4 is 10.9 Å². The average Bonchev–Trinajstić information content (AvgIpc) is 3.13. The molecule has 1 aliphatic rings. The Bertz CT molecular complexity index is 821. The first-order valence-electron chi connectivity index (χ1n) is 8.45. The number of carbonyl (C=O) groups is 1. The summed E-state index contributed by atoms with van der Waals surface area (Å²) in [5, 5.41) is 6.36. The van der Waals surface area contributed by atoms with Gasteiger partial charge < -0.3 is 14.4 Å². The molecular weight excluding hydrogens is 306 g/mol. The molecule has 2 aromatic heterocycles. The molecular formula is C18H23N3O3. The van der Waals surface area contributed by atoms with E-state index in [0.717, 1.165) is 37.8 Å². The van der Waals surface area contributed by atoms with Crippen molar-refractivity contribution < 1.29 is 9.32 Å². The molecule has 1 amide bonds. The van der Waals surface area contributed by atoms with Crippen LogP contribution in [0.15, 0.2) is 27.5 Å². The van der Waals surface area contributed by atoms with Crippen molar-refractivity contribution in [2.45, 2.75) is 58.4 Å². The lowest BCUT2D eigenvalue weighted by atomic mass is 9.92. The predicted octanol–water partition coefficient (Wildman–Crippen LogP) is 3.25. The van der Waals surface area contributed by atoms with Gasteiger partial charge in [0.15, 0.2) is 5.69 Å². The number of aromatic nitrogens is 2. The predicted molar refractivity (Wildman–Crippen MR) is 91.4 cm³/mol. The zero-order chi connectivity index (χ0) is 17.3. The minimum atomic E-state index is -0.433. The molecule has 0 aliphatic carbocycles. The lowest BCUT2D eigenvalue weighted by Crippen LogP contribution is -2.37. The van der Waals surface area contributed by atoms with E-state index in [2.05, 4.69) is 24.3 Å². The molecule has 1 aliphatic heterocycles. The van der Waals surface area contributed by atoms with Gasteiger partial charge in [0.2, 0.25) is 0 Å². The molecule has 0 fully saturated rings. The second kappa shape index (κ2) is 6.26. The number of amides is 1. The van der Waals surface area contributed by atoms with E-state index in [1.165, 1.54) is 0 Å². The summed E-state index contributed by atoms with van der Waals surface area (Å²) < 4.78 is 6.78. The summed E-state index contributed by atoms with van der Waals surface area (Å²) in [6.07, 6.45) is 5.00. The number of unbranched alkanes of at least 4 members (excludes halogenated alkanes) is 1. The lowest BCUT2D eigenvalue weighted by molar-refractivity contribution is 0.101. The fourth-order valence-corrected chi connectivity index (χ4v) is 3.42. The molecule has 1 atom stereocenters. The maximum Gasteiger partial charge on any atom is 0.278 e. The van der Waals surface area contributed by atoms with Gasteiger partial charge in [-0.3, -0.25) is 9.59 Å². The smallest absolute Gasteiger partial charge is 0.278 e. The van der Waals surface area contributed by atoms with Crippen LogP contribution in [0.4, 0.5) is 5.69 Å². The third-order valence-corrected chi connectivity index (χ3v) is 4.80. The van der Waals surface area contributed by atoms with Crippen LogP contribution in [0.5, 0.6) is 0 Å². The Morgan fingerprint density at radius 1 is 1.46 bits per heavy atom. The molecule has 6 heteroatoms. The number of nitrogens with one attached hydrogen (secondary N) is 1. The average molecular weight is 329 g/mol. The van der Waals surface area contributed by atoms with E-state index >= 15 is 0 Å². The number of hydrogen-bond acceptors (Lipinski definition) is 4. The van der Waals surface area contributed by atoms with E-state index in [9.17, 15) is 9.59 Å². The molecule has 24 heavy (non-hydrogen) atoms. The summed E-state index contributed by atoms with van der Waals surface area (Å²) >= 11 is 0. The number of anilines is 1. The second-order valence-corrected chi connectivity index (χ2v) is 6.76. The summed E-state index contributed by atoms with van der Waals surface area (Å²) in [6.45, 7) is 6.00. The summed E-state index contributed by atoms with van der Waals surface area (Å²) in [4.78, 5) is 25.1. The highest BCUT2D eigenvalue weighted by Crippen LogP contribution is 2.35. The highest BCUT2D eigenvalue weighted by molar-refractivity contribution is 6.02. The number of pyridine rings is 1. The highest BCUT2D eigenvalue weighted by atomic mass is 16.5. The molecule has 0 spiro atoms. The molecule has 6 nitrogen and oxygen atoms in total. The van der Waals surface area contributed by atoms with Gasteiger partial charge in [0.1, 0.15) is 11.4 Å². The van der Waals surface area contributed by atoms with Crippen LogP contribution in [0.25, 0.3) is 0 Å². The molecule has 0 bridgehead atoms. The minimum Gasteiger partial charge on any atom is -0.361 e. The van der Waals surface area contributed by atoms with Crippen LogP contribution in [0.3, 0.4) is 0 Å². The van der Waals surface area contributed by atoms with Gasteiger partial charge >= 0.3 is 0 Å². The number of carbonyl (C=O) groups excluding carboxylic acids is 1. The van der Waals surface area contributed by atoms with Crippen molar-refractivity contribution in [1.82, 2.24) is 9.72 Å². The number of hydrogen-bond donors (Lipinski definition) is 1. The number of rotatable bonds is 5. The van der Waals surface area contributed by atoms with Gasteiger partial charge in [0.25, 0.3) is 11.5 Å². The van der Waals surface area contributed by atoms with E-state index in [-0.39, 0.29) is 22.5 Å². The van der Waals surface area contributed by atoms with Crippen molar-refractivity contribution in [3.05, 3.63) is 45.7 Å².